The third-order valence-electron chi connectivity index (χ3n) is 7.78. The Bertz CT molecular complexity index is 2200. The summed E-state index contributed by atoms with van der Waals surface area (Å²) in [7, 11) is 1.51. The molecule has 47 heavy (non-hydrogen) atoms. The van der Waals surface area contributed by atoms with E-state index < -0.39 is 23.5 Å². The number of carbonyl (C=O) groups excluding carboxylic acids is 2. The third kappa shape index (κ3) is 5.64. The lowest BCUT2D eigenvalue weighted by atomic mass is 9.95. The number of anilines is 1. The van der Waals surface area contributed by atoms with E-state index in [0.717, 1.165) is 16.3 Å². The molecule has 4 aromatic carbocycles. The fourth-order valence-electron chi connectivity index (χ4n) is 5.64. The highest BCUT2D eigenvalue weighted by Gasteiger charge is 2.47. The van der Waals surface area contributed by atoms with E-state index in [1.165, 1.54) is 35.1 Å². The molecule has 7 rings (SSSR count). The third-order valence-corrected chi connectivity index (χ3v) is 9.88. The monoisotopic (exact) mass is 661 g/mol. The van der Waals surface area contributed by atoms with Crippen LogP contribution in [0.15, 0.2) is 124 Å². The van der Waals surface area contributed by atoms with Crippen molar-refractivity contribution in [1.82, 2.24) is 10.2 Å². The Balaban J connectivity index is 1.25. The SMILES string of the molecule is C=CCOc1cccc(C2C(C(=O)c3cc4cccc(OC)c4o3)=C(O)C(=O)N2c2nnc(SCc3cccc4ccccc34)s2)c1. The Morgan fingerprint density at radius 3 is 2.68 bits per heavy atom. The van der Waals surface area contributed by atoms with Crippen LogP contribution in [0.3, 0.4) is 0 Å². The average molecular weight is 662 g/mol. The molecule has 234 valence electrons. The van der Waals surface area contributed by atoms with Crippen molar-refractivity contribution in [3.63, 3.8) is 0 Å². The predicted octanol–water partition coefficient (Wildman–Crippen LogP) is 8.09. The van der Waals surface area contributed by atoms with Crippen LogP contribution in [0.2, 0.25) is 0 Å². The number of aliphatic hydroxyl groups excluding tert-OH is 1. The molecule has 0 saturated carbocycles. The molecule has 1 N–H and O–H groups in total. The van der Waals surface area contributed by atoms with Crippen LogP contribution >= 0.6 is 23.1 Å². The number of para-hydroxylation sites is 1. The summed E-state index contributed by atoms with van der Waals surface area (Å²) in [5.74, 6) is -0.558. The van der Waals surface area contributed by atoms with Gasteiger partial charge >= 0.3 is 0 Å². The van der Waals surface area contributed by atoms with Gasteiger partial charge in [0.15, 0.2) is 27.2 Å². The number of hydrogen-bond acceptors (Lipinski definition) is 10. The fourth-order valence-corrected chi connectivity index (χ4v) is 7.51. The van der Waals surface area contributed by atoms with E-state index in [4.69, 9.17) is 13.9 Å². The van der Waals surface area contributed by atoms with Crippen LogP contribution in [-0.4, -0.2) is 40.7 Å². The van der Waals surface area contributed by atoms with Crippen molar-refractivity contribution in [2.45, 2.75) is 16.1 Å². The molecule has 0 spiro atoms. The second-order valence-corrected chi connectivity index (χ2v) is 12.8. The number of ketones is 1. The molecule has 1 atom stereocenters. The van der Waals surface area contributed by atoms with Gasteiger partial charge < -0.3 is 19.0 Å². The summed E-state index contributed by atoms with van der Waals surface area (Å²) in [5.41, 5.74) is 1.91. The quantitative estimate of drug-likeness (QED) is 0.0637. The highest BCUT2D eigenvalue weighted by atomic mass is 32.2. The molecule has 1 unspecified atom stereocenters. The van der Waals surface area contributed by atoms with E-state index in [1.807, 2.05) is 18.2 Å². The predicted molar refractivity (Wildman–Crippen MR) is 183 cm³/mol. The first-order chi connectivity index (χ1) is 23.0. The number of Topliss-reactive ketones (excluding diaryl/α,β-unsaturated/α-hetero) is 1. The molecule has 0 saturated heterocycles. The average Bonchev–Trinajstić information content (AvgIpc) is 3.82. The van der Waals surface area contributed by atoms with Gasteiger partial charge in [-0.1, -0.05) is 102 Å². The number of thioether (sulfide) groups is 1. The number of aliphatic hydroxyl groups is 1. The number of carbonyl (C=O) groups is 2. The molecule has 9 nitrogen and oxygen atoms in total. The zero-order valence-corrected chi connectivity index (χ0v) is 26.7. The summed E-state index contributed by atoms with van der Waals surface area (Å²) in [6.07, 6.45) is 1.62. The summed E-state index contributed by atoms with van der Waals surface area (Å²) in [6, 6.07) is 27.2. The number of furan rings is 1. The summed E-state index contributed by atoms with van der Waals surface area (Å²) in [5, 5.41) is 23.2. The van der Waals surface area contributed by atoms with Crippen LogP contribution < -0.4 is 14.4 Å². The smallest absolute Gasteiger partial charge is 0.296 e. The van der Waals surface area contributed by atoms with Crippen molar-refractivity contribution >= 4 is 61.7 Å². The van der Waals surface area contributed by atoms with E-state index in [1.54, 1.807) is 54.6 Å². The van der Waals surface area contributed by atoms with Crippen LogP contribution in [0.5, 0.6) is 11.5 Å². The van der Waals surface area contributed by atoms with Gasteiger partial charge in [0.05, 0.1) is 18.7 Å². The molecule has 1 aliphatic rings. The molecule has 0 fully saturated rings. The molecular formula is C36H27N3O6S2. The summed E-state index contributed by atoms with van der Waals surface area (Å²) >= 11 is 2.70. The number of benzene rings is 4. The second-order valence-electron chi connectivity index (χ2n) is 10.6. The lowest BCUT2D eigenvalue weighted by Gasteiger charge is -2.24. The minimum atomic E-state index is -1.04. The number of ether oxygens (including phenoxy) is 2. The first kappa shape index (κ1) is 30.3. The molecule has 1 aliphatic heterocycles. The number of hydrogen-bond donors (Lipinski definition) is 1. The van der Waals surface area contributed by atoms with Crippen molar-refractivity contribution < 1.29 is 28.6 Å². The van der Waals surface area contributed by atoms with Gasteiger partial charge in [-0.25, -0.2) is 0 Å². The van der Waals surface area contributed by atoms with Crippen molar-refractivity contribution in [1.29, 1.82) is 0 Å². The number of amides is 1. The second kappa shape index (κ2) is 12.8. The fraction of sp³-hybridized carbons (Fsp3) is 0.111. The lowest BCUT2D eigenvalue weighted by Crippen LogP contribution is -2.31. The van der Waals surface area contributed by atoms with E-state index in [9.17, 15) is 14.7 Å². The molecule has 2 aromatic heterocycles. The Morgan fingerprint density at radius 2 is 1.83 bits per heavy atom. The summed E-state index contributed by atoms with van der Waals surface area (Å²) in [6.45, 7) is 3.96. The van der Waals surface area contributed by atoms with Crippen molar-refractivity contribution in [3.05, 3.63) is 132 Å². The van der Waals surface area contributed by atoms with Crippen LogP contribution in [0, 0.1) is 0 Å². The Kier molecular flexibility index (Phi) is 8.23. The maximum atomic E-state index is 14.1. The van der Waals surface area contributed by atoms with Gasteiger partial charge in [-0.2, -0.15) is 0 Å². The van der Waals surface area contributed by atoms with Crippen LogP contribution in [0.4, 0.5) is 5.13 Å². The Labute approximate surface area is 277 Å². The van der Waals surface area contributed by atoms with Crippen LogP contribution in [0.1, 0.15) is 27.7 Å². The normalized spacial score (nSPS) is 14.7. The van der Waals surface area contributed by atoms with Crippen molar-refractivity contribution in [3.8, 4) is 11.5 Å². The molecule has 3 heterocycles. The minimum Gasteiger partial charge on any atom is -0.503 e. The maximum Gasteiger partial charge on any atom is 0.296 e. The molecule has 0 aliphatic carbocycles. The minimum absolute atomic E-state index is 0.0478. The molecule has 1 amide bonds. The first-order valence-electron chi connectivity index (χ1n) is 14.6. The summed E-state index contributed by atoms with van der Waals surface area (Å²) in [4.78, 5) is 29.3. The zero-order chi connectivity index (χ0) is 32.5. The van der Waals surface area contributed by atoms with Crippen LogP contribution in [0.25, 0.3) is 21.7 Å². The zero-order valence-electron chi connectivity index (χ0n) is 25.1. The topological polar surface area (TPSA) is 115 Å². The van der Waals surface area contributed by atoms with Gasteiger partial charge in [0.25, 0.3) is 5.91 Å². The molecule has 0 radical (unpaired) electrons. The van der Waals surface area contributed by atoms with E-state index in [0.29, 0.717) is 38.1 Å². The number of aromatic nitrogens is 2. The van der Waals surface area contributed by atoms with Crippen LogP contribution in [-0.2, 0) is 10.5 Å². The standard InChI is InChI=1S/C36H27N3O6S2/c1-3-17-44-25-14-7-11-22(18-25)30-29(31(40)28-19-23-12-8-16-27(43-2)33(23)45-28)32(41)34(42)39(30)35-37-38-36(47-35)46-20-24-13-6-10-21-9-4-5-15-26(21)24/h3-16,18-19,30,41H,1,17,20H2,2H3. The van der Waals surface area contributed by atoms with E-state index >= 15 is 0 Å². The number of nitrogens with zero attached hydrogens (tertiary/aromatic N) is 3. The molecule has 11 heteroatoms. The lowest BCUT2D eigenvalue weighted by molar-refractivity contribution is -0.117. The summed E-state index contributed by atoms with van der Waals surface area (Å²) < 4.78 is 17.7. The highest BCUT2D eigenvalue weighted by molar-refractivity contribution is 8.00. The largest absolute Gasteiger partial charge is 0.503 e. The maximum absolute atomic E-state index is 14.1. The highest BCUT2D eigenvalue weighted by Crippen LogP contribution is 2.45. The van der Waals surface area contributed by atoms with Crippen molar-refractivity contribution in [2.75, 3.05) is 18.6 Å². The molecule has 6 aromatic rings. The van der Waals surface area contributed by atoms with E-state index in [2.05, 4.69) is 41.0 Å². The Hall–Kier alpha value is -5.39. The van der Waals surface area contributed by atoms with Gasteiger partial charge in [-0.15, -0.1) is 10.2 Å². The first-order valence-corrected chi connectivity index (χ1v) is 16.4. The van der Waals surface area contributed by atoms with Gasteiger partial charge in [0.1, 0.15) is 12.4 Å². The van der Waals surface area contributed by atoms with Crippen molar-refractivity contribution in [2.24, 2.45) is 0 Å². The number of rotatable bonds is 11. The Morgan fingerprint density at radius 1 is 1.04 bits per heavy atom. The number of methoxy groups -OCH3 is 1. The molecule has 0 bridgehead atoms. The van der Waals surface area contributed by atoms with Gasteiger partial charge in [-0.3, -0.25) is 14.5 Å². The van der Waals surface area contributed by atoms with Gasteiger partial charge in [-0.05, 0) is 46.2 Å². The molecular weight excluding hydrogens is 635 g/mol. The van der Waals surface area contributed by atoms with Gasteiger partial charge in [0, 0.05) is 11.1 Å². The van der Waals surface area contributed by atoms with E-state index in [-0.39, 0.29) is 23.1 Å². The van der Waals surface area contributed by atoms with Gasteiger partial charge in [0.2, 0.25) is 10.9 Å². The number of fused-ring (bicyclic) bond motifs is 2.